The van der Waals surface area contributed by atoms with Crippen LogP contribution < -0.4 is 21.9 Å². The molecule has 1 fully saturated rings. The summed E-state index contributed by atoms with van der Waals surface area (Å²) >= 11 is 6.10. The summed E-state index contributed by atoms with van der Waals surface area (Å²) in [5.74, 6) is -0.395. The number of benzene rings is 1. The predicted octanol–water partition coefficient (Wildman–Crippen LogP) is 2.33. The van der Waals surface area contributed by atoms with E-state index in [4.69, 9.17) is 11.6 Å². The Morgan fingerprint density at radius 1 is 1.09 bits per heavy atom. The summed E-state index contributed by atoms with van der Waals surface area (Å²) in [6, 6.07) is 10.2. The molecule has 0 radical (unpaired) electrons. The van der Waals surface area contributed by atoms with Crippen molar-refractivity contribution in [1.82, 2.24) is 26.9 Å². The van der Waals surface area contributed by atoms with Crippen LogP contribution in [0.5, 0.6) is 0 Å². The summed E-state index contributed by atoms with van der Waals surface area (Å²) in [5.41, 5.74) is 11.6. The van der Waals surface area contributed by atoms with Crippen LogP contribution in [0, 0.1) is 0 Å². The fourth-order valence-corrected chi connectivity index (χ4v) is 2.72. The second-order valence-corrected chi connectivity index (χ2v) is 5.40. The van der Waals surface area contributed by atoms with Crippen molar-refractivity contribution < 1.29 is 13.2 Å². The van der Waals surface area contributed by atoms with Crippen molar-refractivity contribution in [3.8, 4) is 0 Å². The molecule has 0 bridgehead atoms. The van der Waals surface area contributed by atoms with Crippen LogP contribution in [-0.4, -0.2) is 11.1 Å². The fraction of sp³-hybridized carbons (Fsp3) is 0.214. The molecule has 4 N–H and O–H groups in total. The summed E-state index contributed by atoms with van der Waals surface area (Å²) in [5, 5.41) is -0.0378. The normalized spacial score (nSPS) is 17.4. The van der Waals surface area contributed by atoms with Crippen LogP contribution in [0.15, 0.2) is 42.6 Å². The molecule has 23 heavy (non-hydrogen) atoms. The van der Waals surface area contributed by atoms with Crippen LogP contribution in [0.2, 0.25) is 5.02 Å². The molecule has 1 aliphatic rings. The van der Waals surface area contributed by atoms with Crippen molar-refractivity contribution in [3.63, 3.8) is 0 Å². The maximum atomic E-state index is 12.8. The van der Waals surface area contributed by atoms with E-state index in [9.17, 15) is 13.2 Å². The third kappa shape index (κ3) is 3.46. The van der Waals surface area contributed by atoms with Gasteiger partial charge in [0.1, 0.15) is 0 Å². The molecule has 2 aromatic rings. The lowest BCUT2D eigenvalue weighted by Gasteiger charge is -2.24. The average molecular weight is 344 g/mol. The summed E-state index contributed by atoms with van der Waals surface area (Å²) in [6.07, 6.45) is -4.03. The zero-order valence-corrected chi connectivity index (χ0v) is 12.4. The Bertz CT molecular complexity index is 674. The standard InChI is InChI=1S/C14H13ClF3N5/c15-10-6-9(14(16,17)18)7-19-12(10)11(13-20-22-23-21-13)8-4-2-1-3-5-8/h1-7,11,13,20-23H/t11-/m0/s1. The number of nitrogens with one attached hydrogen (secondary N) is 4. The quantitative estimate of drug-likeness (QED) is 0.689. The Balaban J connectivity index is 2.03. The number of rotatable bonds is 3. The summed E-state index contributed by atoms with van der Waals surface area (Å²) in [7, 11) is 0. The molecule has 9 heteroatoms. The summed E-state index contributed by atoms with van der Waals surface area (Å²) in [6.45, 7) is 0. The van der Waals surface area contributed by atoms with Crippen LogP contribution in [-0.2, 0) is 6.18 Å². The fourth-order valence-electron chi connectivity index (χ4n) is 2.43. The van der Waals surface area contributed by atoms with Crippen molar-refractivity contribution in [3.05, 3.63) is 64.4 Å². The lowest BCUT2D eigenvalue weighted by molar-refractivity contribution is -0.137. The largest absolute Gasteiger partial charge is 0.417 e. The van der Waals surface area contributed by atoms with Crippen LogP contribution in [0.4, 0.5) is 13.2 Å². The smallest absolute Gasteiger partial charge is 0.258 e. The van der Waals surface area contributed by atoms with Gasteiger partial charge in [0.05, 0.1) is 28.4 Å². The zero-order chi connectivity index (χ0) is 16.4. The second kappa shape index (κ2) is 6.42. The number of halogens is 4. The molecule has 3 rings (SSSR count). The van der Waals surface area contributed by atoms with E-state index in [2.05, 4.69) is 26.9 Å². The van der Waals surface area contributed by atoms with E-state index in [1.165, 1.54) is 0 Å². The lowest BCUT2D eigenvalue weighted by atomic mass is 9.92. The SMILES string of the molecule is FC(F)(F)c1cnc([C@H](c2ccccc2)C2NNNN2)c(Cl)c1. The predicted molar refractivity (Wildman–Crippen MR) is 78.9 cm³/mol. The Labute approximate surface area is 135 Å². The molecule has 1 aromatic heterocycles. The highest BCUT2D eigenvalue weighted by Crippen LogP contribution is 2.35. The Kier molecular flexibility index (Phi) is 4.51. The van der Waals surface area contributed by atoms with E-state index in [0.717, 1.165) is 17.8 Å². The van der Waals surface area contributed by atoms with Crippen molar-refractivity contribution >= 4 is 11.6 Å². The number of pyridine rings is 1. The van der Waals surface area contributed by atoms with Crippen molar-refractivity contribution in [1.29, 1.82) is 0 Å². The number of aromatic nitrogens is 1. The Hall–Kier alpha value is -1.71. The zero-order valence-electron chi connectivity index (χ0n) is 11.7. The molecule has 5 nitrogen and oxygen atoms in total. The van der Waals surface area contributed by atoms with Crippen LogP contribution >= 0.6 is 11.6 Å². The third-order valence-corrected chi connectivity index (χ3v) is 3.80. The van der Waals surface area contributed by atoms with Crippen LogP contribution in [0.3, 0.4) is 0 Å². The minimum atomic E-state index is -4.48. The highest BCUT2D eigenvalue weighted by atomic mass is 35.5. The van der Waals surface area contributed by atoms with Crippen LogP contribution in [0.1, 0.15) is 22.7 Å². The van der Waals surface area contributed by atoms with Gasteiger partial charge in [-0.2, -0.15) is 24.2 Å². The number of alkyl halides is 3. The van der Waals surface area contributed by atoms with Gasteiger partial charge in [-0.05, 0) is 11.6 Å². The van der Waals surface area contributed by atoms with E-state index >= 15 is 0 Å². The van der Waals surface area contributed by atoms with Gasteiger partial charge in [-0.3, -0.25) is 4.98 Å². The molecular formula is C14H13ClF3N5. The molecule has 1 saturated heterocycles. The lowest BCUT2D eigenvalue weighted by Crippen LogP contribution is -2.40. The molecule has 1 aromatic carbocycles. The molecule has 122 valence electrons. The van der Waals surface area contributed by atoms with Gasteiger partial charge >= 0.3 is 6.18 Å². The molecule has 0 unspecified atom stereocenters. The molecule has 0 amide bonds. The van der Waals surface area contributed by atoms with Gasteiger partial charge in [0, 0.05) is 6.20 Å². The molecule has 1 atom stereocenters. The second-order valence-electron chi connectivity index (χ2n) is 4.99. The molecule has 0 spiro atoms. The highest BCUT2D eigenvalue weighted by Gasteiger charge is 2.34. The first kappa shape index (κ1) is 16.2. The number of hydrazine groups is 3. The molecule has 2 heterocycles. The van der Waals surface area contributed by atoms with E-state index in [0.29, 0.717) is 5.69 Å². The number of nitrogens with zero attached hydrogens (tertiary/aromatic N) is 1. The maximum absolute atomic E-state index is 12.8. The van der Waals surface area contributed by atoms with Crippen LogP contribution in [0.25, 0.3) is 0 Å². The molecule has 1 aliphatic heterocycles. The summed E-state index contributed by atoms with van der Waals surface area (Å²) in [4.78, 5) is 3.98. The molecular weight excluding hydrogens is 331 g/mol. The Morgan fingerprint density at radius 2 is 1.74 bits per heavy atom. The monoisotopic (exact) mass is 343 g/mol. The van der Waals surface area contributed by atoms with E-state index in [-0.39, 0.29) is 11.2 Å². The van der Waals surface area contributed by atoms with E-state index in [1.807, 2.05) is 30.3 Å². The first-order valence-corrected chi connectivity index (χ1v) is 7.13. The van der Waals surface area contributed by atoms with Gasteiger partial charge in [-0.1, -0.05) is 41.9 Å². The highest BCUT2D eigenvalue weighted by molar-refractivity contribution is 6.31. The minimum Gasteiger partial charge on any atom is -0.258 e. The van der Waals surface area contributed by atoms with E-state index < -0.39 is 17.7 Å². The van der Waals surface area contributed by atoms with Gasteiger partial charge in [0.25, 0.3) is 0 Å². The number of hydrogen-bond acceptors (Lipinski definition) is 5. The van der Waals surface area contributed by atoms with Gasteiger partial charge < -0.3 is 0 Å². The maximum Gasteiger partial charge on any atom is 0.417 e. The topological polar surface area (TPSA) is 61.0 Å². The van der Waals surface area contributed by atoms with Gasteiger partial charge in [-0.25, -0.2) is 10.9 Å². The Morgan fingerprint density at radius 3 is 2.30 bits per heavy atom. The van der Waals surface area contributed by atoms with E-state index in [1.54, 1.807) is 0 Å². The van der Waals surface area contributed by atoms with Gasteiger partial charge in [0.2, 0.25) is 0 Å². The van der Waals surface area contributed by atoms with Crippen molar-refractivity contribution in [2.75, 3.05) is 0 Å². The molecule has 0 aliphatic carbocycles. The summed E-state index contributed by atoms with van der Waals surface area (Å²) < 4.78 is 38.3. The molecule has 0 saturated carbocycles. The minimum absolute atomic E-state index is 0.0378. The van der Waals surface area contributed by atoms with Gasteiger partial charge in [-0.15, -0.1) is 0 Å². The third-order valence-electron chi connectivity index (χ3n) is 3.50. The first-order valence-electron chi connectivity index (χ1n) is 6.75. The van der Waals surface area contributed by atoms with Crippen molar-refractivity contribution in [2.45, 2.75) is 18.3 Å². The van der Waals surface area contributed by atoms with Gasteiger partial charge in [0.15, 0.2) is 0 Å². The average Bonchev–Trinajstić information content (AvgIpc) is 3.03. The number of hydrogen-bond donors (Lipinski definition) is 4. The van der Waals surface area contributed by atoms with Crippen molar-refractivity contribution in [2.24, 2.45) is 0 Å². The first-order chi connectivity index (χ1) is 11.0.